The van der Waals surface area contributed by atoms with Crippen molar-refractivity contribution in [3.8, 4) is 0 Å². The van der Waals surface area contributed by atoms with E-state index in [0.717, 1.165) is 6.42 Å². The Morgan fingerprint density at radius 2 is 1.90 bits per heavy atom. The first-order valence-corrected chi connectivity index (χ1v) is 7.03. The van der Waals surface area contributed by atoms with Crippen molar-refractivity contribution in [2.75, 3.05) is 18.4 Å². The molecule has 1 aromatic rings. The second kappa shape index (κ2) is 7.84. The minimum Gasteiger partial charge on any atom is -0.330 e. The van der Waals surface area contributed by atoms with Crippen molar-refractivity contribution in [1.29, 1.82) is 0 Å². The molecule has 1 heterocycles. The van der Waals surface area contributed by atoms with Crippen molar-refractivity contribution >= 4 is 53.1 Å². The molecule has 0 radical (unpaired) electrons. The molecule has 2 amide bonds. The van der Waals surface area contributed by atoms with Crippen LogP contribution in [0.15, 0.2) is 18.2 Å². The predicted octanol–water partition coefficient (Wildman–Crippen LogP) is 2.30. The molecule has 0 saturated carbocycles. The van der Waals surface area contributed by atoms with Crippen LogP contribution in [0.1, 0.15) is 12.8 Å². The Hall–Kier alpha value is -1.01. The van der Waals surface area contributed by atoms with Crippen molar-refractivity contribution in [2.24, 2.45) is 5.73 Å². The highest BCUT2D eigenvalue weighted by molar-refractivity contribution is 6.35. The molecular formula is C13H16Cl3N3O2. The number of carbonyl (C=O) groups excluding carboxylic acids is 2. The second-order valence-corrected chi connectivity index (χ2v) is 5.47. The number of halogens is 3. The van der Waals surface area contributed by atoms with Crippen LogP contribution in [0.4, 0.5) is 5.69 Å². The summed E-state index contributed by atoms with van der Waals surface area (Å²) in [6.45, 7) is 0.469. The summed E-state index contributed by atoms with van der Waals surface area (Å²) >= 11 is 11.8. The third-order valence-electron chi connectivity index (χ3n) is 3.18. The Morgan fingerprint density at radius 1 is 1.29 bits per heavy atom. The number of hydrogen-bond acceptors (Lipinski definition) is 3. The number of carbonyl (C=O) groups is 2. The fourth-order valence-corrected chi connectivity index (χ4v) is 2.83. The van der Waals surface area contributed by atoms with Gasteiger partial charge in [0.2, 0.25) is 11.8 Å². The third kappa shape index (κ3) is 4.48. The lowest BCUT2D eigenvalue weighted by Gasteiger charge is -2.23. The zero-order chi connectivity index (χ0) is 14.7. The summed E-state index contributed by atoms with van der Waals surface area (Å²) in [5.74, 6) is -0.464. The van der Waals surface area contributed by atoms with Gasteiger partial charge in [0, 0.05) is 22.3 Å². The molecule has 1 saturated heterocycles. The van der Waals surface area contributed by atoms with Crippen LogP contribution >= 0.6 is 35.6 Å². The van der Waals surface area contributed by atoms with Crippen molar-refractivity contribution in [1.82, 2.24) is 4.90 Å². The summed E-state index contributed by atoms with van der Waals surface area (Å²) in [4.78, 5) is 25.4. The Bertz CT molecular complexity index is 519. The lowest BCUT2D eigenvalue weighted by Crippen LogP contribution is -2.45. The van der Waals surface area contributed by atoms with E-state index in [1.54, 1.807) is 18.2 Å². The first-order chi connectivity index (χ1) is 9.51. The van der Waals surface area contributed by atoms with Crippen LogP contribution in [0, 0.1) is 0 Å². The molecule has 5 nitrogen and oxygen atoms in total. The molecular weight excluding hydrogens is 337 g/mol. The van der Waals surface area contributed by atoms with Gasteiger partial charge < -0.3 is 16.0 Å². The maximum atomic E-state index is 12.2. The van der Waals surface area contributed by atoms with Crippen LogP contribution in [0.25, 0.3) is 0 Å². The number of amides is 2. The second-order valence-electron chi connectivity index (χ2n) is 4.60. The number of likely N-dealkylation sites (tertiary alicyclic amines) is 1. The van der Waals surface area contributed by atoms with Crippen molar-refractivity contribution < 1.29 is 9.59 Å². The topological polar surface area (TPSA) is 75.4 Å². The number of rotatable bonds is 3. The lowest BCUT2D eigenvalue weighted by molar-refractivity contribution is -0.135. The highest BCUT2D eigenvalue weighted by Gasteiger charge is 2.33. The maximum Gasteiger partial charge on any atom is 0.247 e. The fourth-order valence-electron chi connectivity index (χ4n) is 2.31. The normalized spacial score (nSPS) is 17.3. The Labute approximate surface area is 139 Å². The molecule has 1 fully saturated rings. The van der Waals surface area contributed by atoms with E-state index in [1.165, 1.54) is 4.90 Å². The monoisotopic (exact) mass is 351 g/mol. The van der Waals surface area contributed by atoms with Gasteiger partial charge in [-0.3, -0.25) is 9.59 Å². The Kier molecular flexibility index (Phi) is 6.74. The van der Waals surface area contributed by atoms with E-state index in [2.05, 4.69) is 5.32 Å². The van der Waals surface area contributed by atoms with Crippen LogP contribution in [0.5, 0.6) is 0 Å². The zero-order valence-electron chi connectivity index (χ0n) is 11.1. The quantitative estimate of drug-likeness (QED) is 0.876. The fraction of sp³-hybridized carbons (Fsp3) is 0.385. The van der Waals surface area contributed by atoms with Crippen molar-refractivity contribution in [2.45, 2.75) is 18.9 Å². The molecule has 1 atom stereocenters. The number of nitrogens with two attached hydrogens (primary N) is 1. The van der Waals surface area contributed by atoms with Gasteiger partial charge in [0.15, 0.2) is 0 Å². The van der Waals surface area contributed by atoms with Crippen LogP contribution in [-0.2, 0) is 9.59 Å². The molecule has 1 aromatic carbocycles. The molecule has 1 aliphatic rings. The first kappa shape index (κ1) is 18.0. The molecule has 116 valence electrons. The standard InChI is InChI=1S/C13H15Cl2N3O2.ClH/c14-8-4-9(15)6-10(5-8)17-13(20)11-2-1-3-18(11)12(19)7-16;/h4-6,11H,1-3,7,16H2,(H,17,20);1H. The zero-order valence-corrected chi connectivity index (χ0v) is 13.5. The van der Waals surface area contributed by atoms with Crippen LogP contribution in [0.2, 0.25) is 10.0 Å². The van der Waals surface area contributed by atoms with Crippen molar-refractivity contribution in [3.05, 3.63) is 28.2 Å². The molecule has 3 N–H and O–H groups in total. The molecule has 1 unspecified atom stereocenters. The summed E-state index contributed by atoms with van der Waals surface area (Å²) in [5.41, 5.74) is 5.86. The number of nitrogens with zero attached hydrogens (tertiary/aromatic N) is 1. The summed E-state index contributed by atoms with van der Waals surface area (Å²) < 4.78 is 0. The van der Waals surface area contributed by atoms with Gasteiger partial charge >= 0.3 is 0 Å². The summed E-state index contributed by atoms with van der Waals surface area (Å²) in [6.07, 6.45) is 1.42. The maximum absolute atomic E-state index is 12.2. The van der Waals surface area contributed by atoms with E-state index in [-0.39, 0.29) is 30.8 Å². The van der Waals surface area contributed by atoms with Crippen LogP contribution < -0.4 is 11.1 Å². The number of anilines is 1. The minimum absolute atomic E-state index is 0. The van der Waals surface area contributed by atoms with E-state index in [1.807, 2.05) is 0 Å². The van der Waals surface area contributed by atoms with Gasteiger partial charge in [0.05, 0.1) is 6.54 Å². The SMILES string of the molecule is Cl.NCC(=O)N1CCCC1C(=O)Nc1cc(Cl)cc(Cl)c1. The van der Waals surface area contributed by atoms with Crippen LogP contribution in [0.3, 0.4) is 0 Å². The minimum atomic E-state index is -0.483. The van der Waals surface area contributed by atoms with Gasteiger partial charge in [-0.05, 0) is 31.0 Å². The summed E-state index contributed by atoms with van der Waals surface area (Å²) in [6, 6.07) is 4.31. The molecule has 8 heteroatoms. The average Bonchev–Trinajstić information content (AvgIpc) is 2.85. The van der Waals surface area contributed by atoms with Crippen molar-refractivity contribution in [3.63, 3.8) is 0 Å². The van der Waals surface area contributed by atoms with Gasteiger partial charge in [0.25, 0.3) is 0 Å². The van der Waals surface area contributed by atoms with E-state index < -0.39 is 6.04 Å². The summed E-state index contributed by atoms with van der Waals surface area (Å²) in [5, 5.41) is 3.61. The number of hydrogen-bond donors (Lipinski definition) is 2. The molecule has 2 rings (SSSR count). The highest BCUT2D eigenvalue weighted by atomic mass is 35.5. The van der Waals surface area contributed by atoms with Gasteiger partial charge in [-0.15, -0.1) is 12.4 Å². The van der Waals surface area contributed by atoms with E-state index in [4.69, 9.17) is 28.9 Å². The molecule has 0 aromatic heterocycles. The van der Waals surface area contributed by atoms with Gasteiger partial charge in [-0.1, -0.05) is 23.2 Å². The molecule has 0 aliphatic carbocycles. The predicted molar refractivity (Wildman–Crippen MR) is 86.1 cm³/mol. The first-order valence-electron chi connectivity index (χ1n) is 6.28. The van der Waals surface area contributed by atoms with Gasteiger partial charge in [0.1, 0.15) is 6.04 Å². The molecule has 1 aliphatic heterocycles. The number of benzene rings is 1. The summed E-state index contributed by atoms with van der Waals surface area (Å²) in [7, 11) is 0. The van der Waals surface area contributed by atoms with Gasteiger partial charge in [-0.2, -0.15) is 0 Å². The van der Waals surface area contributed by atoms with Gasteiger partial charge in [-0.25, -0.2) is 0 Å². The Balaban J connectivity index is 0.00000220. The number of nitrogens with one attached hydrogen (secondary N) is 1. The highest BCUT2D eigenvalue weighted by Crippen LogP contribution is 2.24. The van der Waals surface area contributed by atoms with E-state index >= 15 is 0 Å². The molecule has 21 heavy (non-hydrogen) atoms. The lowest BCUT2D eigenvalue weighted by atomic mass is 10.2. The molecule has 0 bridgehead atoms. The Morgan fingerprint density at radius 3 is 2.48 bits per heavy atom. The van der Waals surface area contributed by atoms with Crippen LogP contribution in [-0.4, -0.2) is 35.8 Å². The largest absolute Gasteiger partial charge is 0.330 e. The third-order valence-corrected chi connectivity index (χ3v) is 3.62. The molecule has 0 spiro atoms. The average molecular weight is 353 g/mol. The smallest absolute Gasteiger partial charge is 0.247 e. The van der Waals surface area contributed by atoms with E-state index in [9.17, 15) is 9.59 Å². The van der Waals surface area contributed by atoms with E-state index in [0.29, 0.717) is 28.7 Å².